The molecule has 1 aliphatic rings. The first-order valence-electron chi connectivity index (χ1n) is 10.8. The summed E-state index contributed by atoms with van der Waals surface area (Å²) in [5, 5.41) is 0. The molecule has 1 rings (SSSR count). The van der Waals surface area contributed by atoms with Gasteiger partial charge in [-0.05, 0) is 43.6 Å². The maximum absolute atomic E-state index is 11.9. The van der Waals surface area contributed by atoms with E-state index in [0.717, 1.165) is 38.0 Å². The summed E-state index contributed by atoms with van der Waals surface area (Å²) in [4.78, 5) is 11.9. The molecule has 25 heavy (non-hydrogen) atoms. The molecular formula is C23H42O2. The predicted octanol–water partition coefficient (Wildman–Crippen LogP) is 7.02. The van der Waals surface area contributed by atoms with Crippen LogP contribution in [0, 0.1) is 5.41 Å². The first-order valence-corrected chi connectivity index (χ1v) is 10.8. The van der Waals surface area contributed by atoms with Gasteiger partial charge in [0.1, 0.15) is 0 Å². The van der Waals surface area contributed by atoms with E-state index in [4.69, 9.17) is 4.74 Å². The second kappa shape index (κ2) is 12.7. The maximum atomic E-state index is 11.9. The van der Waals surface area contributed by atoms with Crippen LogP contribution in [0.5, 0.6) is 0 Å². The third kappa shape index (κ3) is 9.03. The number of allylic oxidation sites excluding steroid dienone is 2. The maximum Gasteiger partial charge on any atom is 0.159 e. The minimum atomic E-state index is 0.114. The van der Waals surface area contributed by atoms with Crippen LogP contribution in [-0.2, 0) is 9.53 Å². The van der Waals surface area contributed by atoms with Gasteiger partial charge in [0.15, 0.2) is 5.78 Å². The quantitative estimate of drug-likeness (QED) is 0.297. The molecule has 0 bridgehead atoms. The van der Waals surface area contributed by atoms with Gasteiger partial charge >= 0.3 is 0 Å². The van der Waals surface area contributed by atoms with E-state index in [1.807, 2.05) is 6.92 Å². The molecule has 0 aliphatic heterocycles. The minimum Gasteiger partial charge on any atom is -0.381 e. The normalized spacial score (nSPS) is 16.9. The fourth-order valence-electron chi connectivity index (χ4n) is 4.01. The highest BCUT2D eigenvalue weighted by Crippen LogP contribution is 2.42. The van der Waals surface area contributed by atoms with Crippen LogP contribution in [0.25, 0.3) is 0 Å². The van der Waals surface area contributed by atoms with Gasteiger partial charge in [-0.25, -0.2) is 0 Å². The fourth-order valence-corrected chi connectivity index (χ4v) is 4.01. The zero-order valence-corrected chi connectivity index (χ0v) is 17.4. The SMILES string of the molecule is CCCOCCCCCCCCCCCCC1=C(C)C(=O)CC1(C)C. The first-order chi connectivity index (χ1) is 12.0. The average Bonchev–Trinajstić information content (AvgIpc) is 2.76. The van der Waals surface area contributed by atoms with Crippen molar-refractivity contribution in [1.29, 1.82) is 0 Å². The van der Waals surface area contributed by atoms with Crippen LogP contribution in [0.1, 0.15) is 111 Å². The molecule has 0 aromatic heterocycles. The Morgan fingerprint density at radius 3 is 1.84 bits per heavy atom. The Labute approximate surface area is 156 Å². The molecule has 0 heterocycles. The number of Topliss-reactive ketones (excluding diaryl/α,β-unsaturated/α-hetero) is 1. The zero-order valence-electron chi connectivity index (χ0n) is 17.4. The average molecular weight is 351 g/mol. The Hall–Kier alpha value is -0.630. The summed E-state index contributed by atoms with van der Waals surface area (Å²) < 4.78 is 5.51. The second-order valence-corrected chi connectivity index (χ2v) is 8.49. The molecule has 1 aliphatic carbocycles. The highest BCUT2D eigenvalue weighted by molar-refractivity contribution is 5.99. The number of hydrogen-bond donors (Lipinski definition) is 0. The Bertz CT molecular complexity index is 406. The van der Waals surface area contributed by atoms with E-state index >= 15 is 0 Å². The van der Waals surface area contributed by atoms with E-state index in [1.54, 1.807) is 0 Å². The largest absolute Gasteiger partial charge is 0.381 e. The summed E-state index contributed by atoms with van der Waals surface area (Å²) in [7, 11) is 0. The lowest BCUT2D eigenvalue weighted by atomic mass is 9.82. The van der Waals surface area contributed by atoms with E-state index < -0.39 is 0 Å². The van der Waals surface area contributed by atoms with Crippen molar-refractivity contribution in [2.75, 3.05) is 13.2 Å². The van der Waals surface area contributed by atoms with E-state index in [2.05, 4.69) is 20.8 Å². The molecule has 0 aromatic rings. The van der Waals surface area contributed by atoms with Crippen LogP contribution in [0.3, 0.4) is 0 Å². The molecular weight excluding hydrogens is 308 g/mol. The number of ketones is 1. The first kappa shape index (κ1) is 22.4. The number of hydrogen-bond acceptors (Lipinski definition) is 2. The molecule has 0 aromatic carbocycles. The Balaban J connectivity index is 1.90. The summed E-state index contributed by atoms with van der Waals surface area (Å²) in [6.07, 6.45) is 16.4. The summed E-state index contributed by atoms with van der Waals surface area (Å²) >= 11 is 0. The van der Waals surface area contributed by atoms with Gasteiger partial charge in [0.05, 0.1) is 0 Å². The van der Waals surface area contributed by atoms with Crippen molar-refractivity contribution < 1.29 is 9.53 Å². The second-order valence-electron chi connectivity index (χ2n) is 8.49. The van der Waals surface area contributed by atoms with Crippen LogP contribution < -0.4 is 0 Å². The van der Waals surface area contributed by atoms with Crippen molar-refractivity contribution >= 4 is 5.78 Å². The summed E-state index contributed by atoms with van der Waals surface area (Å²) in [6, 6.07) is 0. The molecule has 0 atom stereocenters. The standard InChI is InChI=1S/C23H42O2/c1-5-17-25-18-15-13-11-9-7-6-8-10-12-14-16-21-20(2)22(24)19-23(21,3)4/h5-19H2,1-4H3. The molecule has 0 saturated heterocycles. The van der Waals surface area contributed by atoms with Crippen molar-refractivity contribution in [3.8, 4) is 0 Å². The Morgan fingerprint density at radius 2 is 1.36 bits per heavy atom. The number of ether oxygens (including phenoxy) is 1. The molecule has 2 nitrogen and oxygen atoms in total. The van der Waals surface area contributed by atoms with Crippen LogP contribution in [0.4, 0.5) is 0 Å². The van der Waals surface area contributed by atoms with Gasteiger partial charge in [-0.3, -0.25) is 4.79 Å². The summed E-state index contributed by atoms with van der Waals surface area (Å²) in [5.41, 5.74) is 2.61. The highest BCUT2D eigenvalue weighted by Gasteiger charge is 2.35. The molecule has 0 fully saturated rings. The summed E-state index contributed by atoms with van der Waals surface area (Å²) in [5.74, 6) is 0.372. The zero-order chi connectivity index (χ0) is 18.5. The summed E-state index contributed by atoms with van der Waals surface area (Å²) in [6.45, 7) is 10.5. The van der Waals surface area contributed by atoms with Crippen molar-refractivity contribution in [2.45, 2.75) is 111 Å². The van der Waals surface area contributed by atoms with E-state index in [9.17, 15) is 4.79 Å². The van der Waals surface area contributed by atoms with Gasteiger partial charge in [0.2, 0.25) is 0 Å². The van der Waals surface area contributed by atoms with E-state index in [1.165, 1.54) is 69.8 Å². The molecule has 0 radical (unpaired) electrons. The van der Waals surface area contributed by atoms with Crippen molar-refractivity contribution in [1.82, 2.24) is 0 Å². The number of rotatable bonds is 15. The number of carbonyl (C=O) groups is 1. The molecule has 0 N–H and O–H groups in total. The minimum absolute atomic E-state index is 0.114. The van der Waals surface area contributed by atoms with Gasteiger partial charge < -0.3 is 4.74 Å². The lowest BCUT2D eigenvalue weighted by molar-refractivity contribution is -0.115. The molecule has 0 spiro atoms. The van der Waals surface area contributed by atoms with E-state index in [-0.39, 0.29) is 5.41 Å². The van der Waals surface area contributed by atoms with Gasteiger partial charge in [-0.15, -0.1) is 0 Å². The molecule has 0 unspecified atom stereocenters. The van der Waals surface area contributed by atoms with Crippen LogP contribution in [0.15, 0.2) is 11.1 Å². The van der Waals surface area contributed by atoms with Gasteiger partial charge in [-0.1, -0.05) is 77.7 Å². The highest BCUT2D eigenvalue weighted by atomic mass is 16.5. The van der Waals surface area contributed by atoms with Crippen LogP contribution in [-0.4, -0.2) is 19.0 Å². The number of unbranched alkanes of at least 4 members (excludes halogenated alkanes) is 9. The lowest BCUT2D eigenvalue weighted by Crippen LogP contribution is -2.11. The predicted molar refractivity (Wildman–Crippen MR) is 108 cm³/mol. The van der Waals surface area contributed by atoms with Gasteiger partial charge in [0, 0.05) is 19.6 Å². The van der Waals surface area contributed by atoms with Gasteiger partial charge in [-0.2, -0.15) is 0 Å². The van der Waals surface area contributed by atoms with E-state index in [0.29, 0.717) is 5.78 Å². The van der Waals surface area contributed by atoms with Crippen molar-refractivity contribution in [3.05, 3.63) is 11.1 Å². The number of carbonyl (C=O) groups excluding carboxylic acids is 1. The molecule has 146 valence electrons. The topological polar surface area (TPSA) is 26.3 Å². The monoisotopic (exact) mass is 350 g/mol. The third-order valence-electron chi connectivity index (χ3n) is 5.60. The lowest BCUT2D eigenvalue weighted by Gasteiger charge is -2.22. The molecule has 2 heteroatoms. The molecule has 0 amide bonds. The van der Waals surface area contributed by atoms with Crippen LogP contribution in [0.2, 0.25) is 0 Å². The van der Waals surface area contributed by atoms with Crippen molar-refractivity contribution in [2.24, 2.45) is 5.41 Å². The Morgan fingerprint density at radius 1 is 0.840 bits per heavy atom. The van der Waals surface area contributed by atoms with Gasteiger partial charge in [0.25, 0.3) is 0 Å². The van der Waals surface area contributed by atoms with Crippen molar-refractivity contribution in [3.63, 3.8) is 0 Å². The Kier molecular flexibility index (Phi) is 11.4. The third-order valence-corrected chi connectivity index (χ3v) is 5.60. The molecule has 0 saturated carbocycles. The fraction of sp³-hybridized carbons (Fsp3) is 0.870. The smallest absolute Gasteiger partial charge is 0.159 e. The van der Waals surface area contributed by atoms with Crippen LogP contribution >= 0.6 is 0 Å².